The van der Waals surface area contributed by atoms with Crippen LogP contribution >= 0.6 is 11.6 Å². The Bertz CT molecular complexity index is 1600. The number of sulfonamides is 1. The van der Waals surface area contributed by atoms with Gasteiger partial charge in [0.1, 0.15) is 34.5 Å². The lowest BCUT2D eigenvalue weighted by Crippen LogP contribution is -2.18. The van der Waals surface area contributed by atoms with Gasteiger partial charge < -0.3 is 9.47 Å². The molecule has 12 heteroatoms. The maximum absolute atomic E-state index is 13.4. The van der Waals surface area contributed by atoms with E-state index in [2.05, 4.69) is 9.82 Å². The van der Waals surface area contributed by atoms with E-state index in [1.165, 1.54) is 48.5 Å². The van der Waals surface area contributed by atoms with Gasteiger partial charge in [-0.1, -0.05) is 17.7 Å². The molecule has 0 saturated heterocycles. The lowest BCUT2D eigenvalue weighted by Gasteiger charge is -2.13. The van der Waals surface area contributed by atoms with Crippen molar-refractivity contribution in [3.05, 3.63) is 94.9 Å². The smallest absolute Gasteiger partial charge is 0.343 e. The molecular formula is C25H18ClFN4O5S. The summed E-state index contributed by atoms with van der Waals surface area (Å²) in [6.07, 6.45) is 1.16. The summed E-state index contributed by atoms with van der Waals surface area (Å²) in [6.45, 7) is 1.67. The number of aromatic nitrogens is 2. The number of carbonyl (C=O) groups excluding carboxylic acids is 1. The number of anilines is 1. The van der Waals surface area contributed by atoms with Gasteiger partial charge in [0.15, 0.2) is 5.82 Å². The number of nitrogens with zero attached hydrogens (tertiary/aromatic N) is 3. The number of rotatable bonds is 8. The lowest BCUT2D eigenvalue weighted by molar-refractivity contribution is 0.0527. The molecule has 1 heterocycles. The third kappa shape index (κ3) is 5.55. The van der Waals surface area contributed by atoms with E-state index in [1.807, 2.05) is 6.07 Å². The number of hydrogen-bond donors (Lipinski definition) is 1. The number of hydrogen-bond acceptors (Lipinski definition) is 7. The highest BCUT2D eigenvalue weighted by molar-refractivity contribution is 7.92. The molecule has 188 valence electrons. The van der Waals surface area contributed by atoms with Crippen molar-refractivity contribution in [1.82, 2.24) is 9.78 Å². The highest BCUT2D eigenvalue weighted by atomic mass is 35.5. The molecule has 37 heavy (non-hydrogen) atoms. The van der Waals surface area contributed by atoms with Gasteiger partial charge in [0.25, 0.3) is 10.0 Å². The first kappa shape index (κ1) is 25.7. The van der Waals surface area contributed by atoms with E-state index >= 15 is 0 Å². The zero-order valence-corrected chi connectivity index (χ0v) is 20.8. The van der Waals surface area contributed by atoms with Crippen LogP contribution in [0.2, 0.25) is 5.02 Å². The minimum Gasteiger partial charge on any atom is -0.462 e. The molecule has 0 unspecified atom stereocenters. The third-order valence-corrected chi connectivity index (χ3v) is 6.69. The number of nitrogens with one attached hydrogen (secondary N) is 1. The summed E-state index contributed by atoms with van der Waals surface area (Å²) in [5.41, 5.74) is 0.330. The zero-order chi connectivity index (χ0) is 26.6. The number of nitriles is 1. The SMILES string of the molecule is CCOC(=O)c1cnn(-c2ccc(F)cc2)c1NS(=O)(=O)c1ccc(Oc2cccc(Cl)c2C#N)cc1. The molecular weight excluding hydrogens is 523 g/mol. The maximum Gasteiger partial charge on any atom is 0.343 e. The van der Waals surface area contributed by atoms with Gasteiger partial charge in [-0.05, 0) is 67.6 Å². The van der Waals surface area contributed by atoms with Gasteiger partial charge >= 0.3 is 5.97 Å². The van der Waals surface area contributed by atoms with Crippen LogP contribution in [0.25, 0.3) is 5.69 Å². The van der Waals surface area contributed by atoms with Gasteiger partial charge in [-0.25, -0.2) is 22.3 Å². The second-order valence-corrected chi connectivity index (χ2v) is 9.51. The van der Waals surface area contributed by atoms with Gasteiger partial charge in [0.05, 0.1) is 28.4 Å². The third-order valence-electron chi connectivity index (χ3n) is 5.02. The molecule has 0 saturated carbocycles. The van der Waals surface area contributed by atoms with Crippen LogP contribution in [0.3, 0.4) is 0 Å². The first-order chi connectivity index (χ1) is 17.7. The second-order valence-electron chi connectivity index (χ2n) is 7.42. The molecule has 4 rings (SSSR count). The molecule has 0 amide bonds. The van der Waals surface area contributed by atoms with Crippen molar-refractivity contribution in [2.75, 3.05) is 11.3 Å². The first-order valence-corrected chi connectivity index (χ1v) is 12.6. The Morgan fingerprint density at radius 1 is 1.14 bits per heavy atom. The van der Waals surface area contributed by atoms with Crippen molar-refractivity contribution >= 4 is 33.4 Å². The minimum atomic E-state index is -4.22. The molecule has 0 aliphatic carbocycles. The van der Waals surface area contributed by atoms with Gasteiger partial charge in [-0.2, -0.15) is 10.4 Å². The van der Waals surface area contributed by atoms with E-state index in [9.17, 15) is 22.9 Å². The summed E-state index contributed by atoms with van der Waals surface area (Å²) >= 11 is 6.02. The van der Waals surface area contributed by atoms with Crippen molar-refractivity contribution in [2.45, 2.75) is 11.8 Å². The van der Waals surface area contributed by atoms with E-state index in [0.29, 0.717) is 5.69 Å². The number of benzene rings is 3. The largest absolute Gasteiger partial charge is 0.462 e. The monoisotopic (exact) mass is 540 g/mol. The molecule has 0 aliphatic heterocycles. The number of esters is 1. The molecule has 0 aliphatic rings. The maximum atomic E-state index is 13.4. The van der Waals surface area contributed by atoms with Crippen molar-refractivity contribution < 1.29 is 27.1 Å². The predicted molar refractivity (Wildman–Crippen MR) is 133 cm³/mol. The Morgan fingerprint density at radius 3 is 2.49 bits per heavy atom. The Hall–Kier alpha value is -4.40. The van der Waals surface area contributed by atoms with Crippen molar-refractivity contribution in [2.24, 2.45) is 0 Å². The van der Waals surface area contributed by atoms with E-state index < -0.39 is 21.8 Å². The van der Waals surface area contributed by atoms with Gasteiger partial charge in [0, 0.05) is 0 Å². The van der Waals surface area contributed by atoms with Crippen molar-refractivity contribution in [3.63, 3.8) is 0 Å². The summed E-state index contributed by atoms with van der Waals surface area (Å²) in [5.74, 6) is -0.979. The number of halogens is 2. The zero-order valence-electron chi connectivity index (χ0n) is 19.2. The Morgan fingerprint density at radius 2 is 1.84 bits per heavy atom. The summed E-state index contributed by atoms with van der Waals surface area (Å²) in [6, 6.07) is 17.2. The molecule has 0 spiro atoms. The highest BCUT2D eigenvalue weighted by Gasteiger charge is 2.25. The Balaban J connectivity index is 1.65. The van der Waals surface area contributed by atoms with Crippen LogP contribution < -0.4 is 9.46 Å². The van der Waals surface area contributed by atoms with Crippen LogP contribution in [0.4, 0.5) is 10.2 Å². The Labute approximate surface area is 216 Å². The average molecular weight is 541 g/mol. The van der Waals surface area contributed by atoms with Crippen LogP contribution in [-0.2, 0) is 14.8 Å². The second kappa shape index (κ2) is 10.7. The van der Waals surface area contributed by atoms with Gasteiger partial charge in [0.2, 0.25) is 0 Å². The molecule has 0 radical (unpaired) electrons. The van der Waals surface area contributed by atoms with E-state index in [0.717, 1.165) is 10.9 Å². The summed E-state index contributed by atoms with van der Waals surface area (Å²) in [5, 5.41) is 13.6. The van der Waals surface area contributed by atoms with Gasteiger partial charge in [-0.15, -0.1) is 0 Å². The fraction of sp³-hybridized carbons (Fsp3) is 0.0800. The quantitative estimate of drug-likeness (QED) is 0.300. The molecule has 0 bridgehead atoms. The van der Waals surface area contributed by atoms with Crippen LogP contribution in [-0.4, -0.2) is 30.8 Å². The summed E-state index contributed by atoms with van der Waals surface area (Å²) < 4.78 is 54.1. The molecule has 3 aromatic carbocycles. The van der Waals surface area contributed by atoms with Crippen LogP contribution in [0.15, 0.2) is 77.8 Å². The number of carbonyl (C=O) groups is 1. The summed E-state index contributed by atoms with van der Waals surface area (Å²) in [7, 11) is -4.22. The fourth-order valence-corrected chi connectivity index (χ4v) is 4.55. The Kier molecular flexibility index (Phi) is 7.42. The molecule has 1 N–H and O–H groups in total. The standard InChI is InChI=1S/C25H18ClFN4O5S/c1-2-35-25(32)21-15-29-31(17-8-6-16(27)7-9-17)24(21)30-37(33,34)19-12-10-18(11-13-19)36-23-5-3-4-22(26)20(23)14-28/h3-13,15,30H,2H2,1H3. The predicted octanol–water partition coefficient (Wildman–Crippen LogP) is 5.31. The first-order valence-electron chi connectivity index (χ1n) is 10.7. The molecule has 9 nitrogen and oxygen atoms in total. The highest BCUT2D eigenvalue weighted by Crippen LogP contribution is 2.31. The molecule has 1 aromatic heterocycles. The van der Waals surface area contributed by atoms with E-state index in [-0.39, 0.29) is 45.0 Å². The van der Waals surface area contributed by atoms with Crippen molar-refractivity contribution in [1.29, 1.82) is 5.26 Å². The summed E-state index contributed by atoms with van der Waals surface area (Å²) in [4.78, 5) is 12.3. The number of ether oxygens (including phenoxy) is 2. The van der Waals surface area contributed by atoms with E-state index in [4.69, 9.17) is 21.1 Å². The van der Waals surface area contributed by atoms with Crippen LogP contribution in [0.5, 0.6) is 11.5 Å². The normalized spacial score (nSPS) is 11.0. The molecule has 4 aromatic rings. The molecule has 0 atom stereocenters. The van der Waals surface area contributed by atoms with E-state index in [1.54, 1.807) is 25.1 Å². The van der Waals surface area contributed by atoms with Crippen molar-refractivity contribution in [3.8, 4) is 23.3 Å². The minimum absolute atomic E-state index is 0.0638. The topological polar surface area (TPSA) is 123 Å². The lowest BCUT2D eigenvalue weighted by atomic mass is 10.2. The van der Waals surface area contributed by atoms with Gasteiger partial charge in [-0.3, -0.25) is 4.72 Å². The fourth-order valence-electron chi connectivity index (χ4n) is 3.28. The average Bonchev–Trinajstić information content (AvgIpc) is 3.28. The van der Waals surface area contributed by atoms with Crippen LogP contribution in [0, 0.1) is 17.1 Å². The molecule has 0 fully saturated rings. The van der Waals surface area contributed by atoms with Crippen LogP contribution in [0.1, 0.15) is 22.8 Å².